The van der Waals surface area contributed by atoms with Gasteiger partial charge in [-0.05, 0) is 25.6 Å². The van der Waals surface area contributed by atoms with Gasteiger partial charge in [0.25, 0.3) is 0 Å². The number of hydrogen-bond acceptors (Lipinski definition) is 3. The minimum absolute atomic E-state index is 0.0639. The molecule has 4 heteroatoms. The molecule has 3 nitrogen and oxygen atoms in total. The van der Waals surface area contributed by atoms with E-state index in [1.807, 2.05) is 0 Å². The molecule has 13 heavy (non-hydrogen) atoms. The van der Waals surface area contributed by atoms with E-state index in [0.717, 1.165) is 25.9 Å². The maximum atomic E-state index is 11.5. The van der Waals surface area contributed by atoms with Crippen molar-refractivity contribution in [3.05, 3.63) is 0 Å². The molecule has 0 aliphatic carbocycles. The summed E-state index contributed by atoms with van der Waals surface area (Å²) in [5, 5.41) is 6.64. The highest BCUT2D eigenvalue weighted by atomic mass is 32.2. The highest BCUT2D eigenvalue weighted by Crippen LogP contribution is 2.06. The molecule has 2 unspecified atom stereocenters. The number of carbonyl (C=O) groups is 1. The predicted molar refractivity (Wildman–Crippen MR) is 57.0 cm³/mol. The third kappa shape index (κ3) is 3.56. The van der Waals surface area contributed by atoms with Crippen LogP contribution < -0.4 is 10.6 Å². The van der Waals surface area contributed by atoms with Crippen molar-refractivity contribution < 1.29 is 4.79 Å². The molecule has 1 saturated heterocycles. The van der Waals surface area contributed by atoms with E-state index in [-0.39, 0.29) is 11.9 Å². The van der Waals surface area contributed by atoms with Gasteiger partial charge in [-0.2, -0.15) is 11.8 Å². The molecule has 0 spiro atoms. The molecule has 1 amide bonds. The van der Waals surface area contributed by atoms with E-state index in [9.17, 15) is 4.79 Å². The fourth-order valence-corrected chi connectivity index (χ4v) is 1.61. The maximum absolute atomic E-state index is 11.5. The first kappa shape index (κ1) is 10.9. The first-order valence-electron chi connectivity index (χ1n) is 4.78. The summed E-state index contributed by atoms with van der Waals surface area (Å²) < 4.78 is 0. The van der Waals surface area contributed by atoms with Gasteiger partial charge in [0, 0.05) is 11.8 Å². The molecule has 2 N–H and O–H groups in total. The fraction of sp³-hybridized carbons (Fsp3) is 0.889. The summed E-state index contributed by atoms with van der Waals surface area (Å²) >= 11 is 1.77. The van der Waals surface area contributed by atoms with Crippen molar-refractivity contribution in [3.63, 3.8) is 0 Å². The highest BCUT2D eigenvalue weighted by Gasteiger charge is 2.21. The summed E-state index contributed by atoms with van der Waals surface area (Å²) in [6.45, 7) is 3.88. The van der Waals surface area contributed by atoms with Gasteiger partial charge in [-0.3, -0.25) is 4.79 Å². The van der Waals surface area contributed by atoms with Gasteiger partial charge in [0.05, 0.1) is 6.04 Å². The van der Waals surface area contributed by atoms with Crippen molar-refractivity contribution in [2.24, 2.45) is 0 Å². The van der Waals surface area contributed by atoms with Crippen LogP contribution in [0.15, 0.2) is 0 Å². The van der Waals surface area contributed by atoms with Crippen LogP contribution in [0.3, 0.4) is 0 Å². The van der Waals surface area contributed by atoms with E-state index in [1.165, 1.54) is 0 Å². The Bertz CT molecular complexity index is 169. The van der Waals surface area contributed by atoms with Crippen molar-refractivity contribution in [2.45, 2.75) is 31.1 Å². The number of nitrogens with one attached hydrogen (secondary N) is 2. The molecular formula is C9H18N2OS. The molecule has 0 aromatic carbocycles. The Balaban J connectivity index is 2.16. The molecule has 1 rings (SSSR count). The average molecular weight is 202 g/mol. The van der Waals surface area contributed by atoms with Gasteiger partial charge in [0.2, 0.25) is 5.91 Å². The van der Waals surface area contributed by atoms with Crippen LogP contribution in [0, 0.1) is 0 Å². The Morgan fingerprint density at radius 2 is 2.54 bits per heavy atom. The van der Waals surface area contributed by atoms with Crippen LogP contribution in [-0.2, 0) is 4.79 Å². The van der Waals surface area contributed by atoms with Crippen molar-refractivity contribution in [1.29, 1.82) is 0 Å². The van der Waals surface area contributed by atoms with Crippen LogP contribution >= 0.6 is 11.8 Å². The molecule has 2 atom stereocenters. The van der Waals surface area contributed by atoms with E-state index >= 15 is 0 Å². The van der Waals surface area contributed by atoms with E-state index in [0.29, 0.717) is 5.25 Å². The smallest absolute Gasteiger partial charge is 0.237 e. The minimum Gasteiger partial charge on any atom is -0.354 e. The Kier molecular flexibility index (Phi) is 4.59. The van der Waals surface area contributed by atoms with Crippen molar-refractivity contribution in [3.8, 4) is 0 Å². The van der Waals surface area contributed by atoms with Gasteiger partial charge in [0.1, 0.15) is 0 Å². The monoisotopic (exact) mass is 202 g/mol. The van der Waals surface area contributed by atoms with Crippen molar-refractivity contribution in [1.82, 2.24) is 10.6 Å². The molecule has 1 fully saturated rings. The second-order valence-electron chi connectivity index (χ2n) is 3.44. The summed E-state index contributed by atoms with van der Waals surface area (Å²) in [7, 11) is 0. The standard InChI is InChI=1S/C9H18N2OS/c1-7(13-2)6-11-9(12)8-4-3-5-10-8/h7-8,10H,3-6H2,1-2H3,(H,11,12). The van der Waals surface area contributed by atoms with Gasteiger partial charge in [-0.25, -0.2) is 0 Å². The lowest BCUT2D eigenvalue weighted by molar-refractivity contribution is -0.122. The Morgan fingerprint density at radius 1 is 1.77 bits per heavy atom. The molecule has 0 aromatic rings. The molecule has 1 aliphatic rings. The van der Waals surface area contributed by atoms with Gasteiger partial charge in [-0.15, -0.1) is 0 Å². The van der Waals surface area contributed by atoms with Crippen LogP contribution in [-0.4, -0.2) is 36.5 Å². The molecule has 76 valence electrons. The molecule has 1 heterocycles. The average Bonchev–Trinajstić information content (AvgIpc) is 2.66. The highest BCUT2D eigenvalue weighted by molar-refractivity contribution is 7.99. The molecule has 0 saturated carbocycles. The zero-order chi connectivity index (χ0) is 9.68. The lowest BCUT2D eigenvalue weighted by atomic mass is 10.2. The Morgan fingerprint density at radius 3 is 3.08 bits per heavy atom. The van der Waals surface area contributed by atoms with Gasteiger partial charge >= 0.3 is 0 Å². The number of hydrogen-bond donors (Lipinski definition) is 2. The number of amides is 1. The maximum Gasteiger partial charge on any atom is 0.237 e. The Hall–Kier alpha value is -0.220. The summed E-state index contributed by atoms with van der Waals surface area (Å²) in [4.78, 5) is 11.5. The molecule has 0 bridgehead atoms. The summed E-state index contributed by atoms with van der Waals surface area (Å²) in [6.07, 6.45) is 4.17. The molecule has 0 radical (unpaired) electrons. The fourth-order valence-electron chi connectivity index (χ4n) is 1.36. The molecule has 0 aromatic heterocycles. The van der Waals surface area contributed by atoms with Crippen LogP contribution in [0.4, 0.5) is 0 Å². The van der Waals surface area contributed by atoms with Crippen LogP contribution in [0.25, 0.3) is 0 Å². The number of rotatable bonds is 4. The Labute approximate surface area is 84.0 Å². The van der Waals surface area contributed by atoms with E-state index in [1.54, 1.807) is 11.8 Å². The predicted octanol–water partition coefficient (Wildman–Crippen LogP) is 0.606. The van der Waals surface area contributed by atoms with Gasteiger partial charge in [-0.1, -0.05) is 6.92 Å². The molecular weight excluding hydrogens is 184 g/mol. The van der Waals surface area contributed by atoms with Crippen LogP contribution in [0.5, 0.6) is 0 Å². The normalized spacial score (nSPS) is 24.3. The first-order chi connectivity index (χ1) is 6.24. The van der Waals surface area contributed by atoms with Crippen LogP contribution in [0.1, 0.15) is 19.8 Å². The molecule has 1 aliphatic heterocycles. The summed E-state index contributed by atoms with van der Waals surface area (Å²) in [6, 6.07) is 0.0639. The van der Waals surface area contributed by atoms with Crippen molar-refractivity contribution in [2.75, 3.05) is 19.3 Å². The lowest BCUT2D eigenvalue weighted by Crippen LogP contribution is -2.42. The third-order valence-electron chi connectivity index (χ3n) is 2.34. The van der Waals surface area contributed by atoms with Gasteiger partial charge < -0.3 is 10.6 Å². The van der Waals surface area contributed by atoms with Crippen LogP contribution in [0.2, 0.25) is 0 Å². The zero-order valence-electron chi connectivity index (χ0n) is 8.30. The SMILES string of the molecule is CSC(C)CNC(=O)C1CCCN1. The van der Waals surface area contributed by atoms with Crippen molar-refractivity contribution >= 4 is 17.7 Å². The zero-order valence-corrected chi connectivity index (χ0v) is 9.12. The second-order valence-corrected chi connectivity index (χ2v) is 4.72. The quantitative estimate of drug-likeness (QED) is 0.701. The van der Waals surface area contributed by atoms with E-state index < -0.39 is 0 Å². The number of carbonyl (C=O) groups excluding carboxylic acids is 1. The minimum atomic E-state index is 0.0639. The largest absolute Gasteiger partial charge is 0.354 e. The lowest BCUT2D eigenvalue weighted by Gasteiger charge is -2.13. The summed E-state index contributed by atoms with van der Waals surface area (Å²) in [5.74, 6) is 0.165. The topological polar surface area (TPSA) is 41.1 Å². The number of thioether (sulfide) groups is 1. The third-order valence-corrected chi connectivity index (χ3v) is 3.31. The summed E-state index contributed by atoms with van der Waals surface area (Å²) in [5.41, 5.74) is 0. The second kappa shape index (κ2) is 5.50. The van der Waals surface area contributed by atoms with E-state index in [4.69, 9.17) is 0 Å². The van der Waals surface area contributed by atoms with Gasteiger partial charge in [0.15, 0.2) is 0 Å². The first-order valence-corrected chi connectivity index (χ1v) is 6.06. The van der Waals surface area contributed by atoms with E-state index in [2.05, 4.69) is 23.8 Å².